The Morgan fingerprint density at radius 2 is 1.69 bits per heavy atom. The van der Waals surface area contributed by atoms with Gasteiger partial charge in [0, 0.05) is 24.1 Å². The van der Waals surface area contributed by atoms with E-state index < -0.39 is 0 Å². The Hall–Kier alpha value is -1.84. The van der Waals surface area contributed by atoms with E-state index in [9.17, 15) is 9.59 Å². The lowest BCUT2D eigenvalue weighted by molar-refractivity contribution is -0.137. The molecule has 2 amide bonds. The molecule has 4 saturated carbocycles. The van der Waals surface area contributed by atoms with Crippen LogP contribution in [-0.2, 0) is 4.79 Å². The van der Waals surface area contributed by atoms with Gasteiger partial charge in [-0.1, -0.05) is 17.7 Å². The Balaban J connectivity index is 1.19. The molecule has 4 aliphatic rings. The number of rotatable bonds is 6. The van der Waals surface area contributed by atoms with Crippen molar-refractivity contribution in [2.45, 2.75) is 51.9 Å². The predicted molar refractivity (Wildman–Crippen MR) is 102 cm³/mol. The first-order valence-electron chi connectivity index (χ1n) is 10.2. The van der Waals surface area contributed by atoms with Gasteiger partial charge in [0.05, 0.1) is 0 Å². The summed E-state index contributed by atoms with van der Waals surface area (Å²) in [4.78, 5) is 24.9. The molecule has 4 heteroatoms. The molecule has 0 aromatic heterocycles. The van der Waals surface area contributed by atoms with Crippen LogP contribution in [0.3, 0.4) is 0 Å². The van der Waals surface area contributed by atoms with Crippen LogP contribution < -0.4 is 10.6 Å². The summed E-state index contributed by atoms with van der Waals surface area (Å²) in [6.45, 7) is 3.48. The largest absolute Gasteiger partial charge is 0.355 e. The van der Waals surface area contributed by atoms with Crippen molar-refractivity contribution in [2.24, 2.45) is 23.2 Å². The molecule has 2 bridgehead atoms. The highest BCUT2D eigenvalue weighted by Crippen LogP contribution is 2.50. The van der Waals surface area contributed by atoms with E-state index >= 15 is 0 Å². The zero-order valence-corrected chi connectivity index (χ0v) is 15.7. The van der Waals surface area contributed by atoms with Crippen LogP contribution in [0.1, 0.15) is 60.9 Å². The van der Waals surface area contributed by atoms with Crippen molar-refractivity contribution in [2.75, 3.05) is 13.1 Å². The fourth-order valence-electron chi connectivity index (χ4n) is 4.92. The molecule has 0 spiro atoms. The Morgan fingerprint density at radius 1 is 1.04 bits per heavy atom. The molecule has 2 atom stereocenters. The van der Waals surface area contributed by atoms with Crippen molar-refractivity contribution >= 4 is 11.8 Å². The molecule has 26 heavy (non-hydrogen) atoms. The molecule has 5 rings (SSSR count). The number of carbonyl (C=O) groups is 2. The van der Waals surface area contributed by atoms with E-state index in [-0.39, 0.29) is 11.3 Å². The standard InChI is InChI=1S/C22H30N2O2/c1-15-3-2-4-17(11-15)20(25)23-13-18-12-19(18)14-24-21(26)22-8-5-16(6-9-22)7-10-22/h2-4,11,16,18-19H,5-10,12-14H2,1H3,(H,23,25)(H,24,26)/t16?,18-,19-,22?/m0/s1. The van der Waals surface area contributed by atoms with Crippen molar-refractivity contribution in [3.05, 3.63) is 35.4 Å². The molecule has 4 nitrogen and oxygen atoms in total. The van der Waals surface area contributed by atoms with Gasteiger partial charge in [-0.3, -0.25) is 9.59 Å². The molecule has 1 aromatic carbocycles. The number of hydrogen-bond acceptors (Lipinski definition) is 2. The third kappa shape index (κ3) is 3.65. The average Bonchev–Trinajstić information content (AvgIpc) is 3.44. The summed E-state index contributed by atoms with van der Waals surface area (Å²) in [6.07, 6.45) is 8.08. The van der Waals surface area contributed by atoms with E-state index in [0.29, 0.717) is 24.3 Å². The number of aryl methyl sites for hydroxylation is 1. The summed E-state index contributed by atoms with van der Waals surface area (Å²) in [6, 6.07) is 7.68. The quantitative estimate of drug-likeness (QED) is 0.822. The van der Waals surface area contributed by atoms with Crippen LogP contribution in [0, 0.1) is 30.1 Å². The van der Waals surface area contributed by atoms with Crippen LogP contribution in [0.15, 0.2) is 24.3 Å². The van der Waals surface area contributed by atoms with E-state index in [1.165, 1.54) is 19.3 Å². The van der Waals surface area contributed by atoms with Crippen LogP contribution in [0.5, 0.6) is 0 Å². The minimum Gasteiger partial charge on any atom is -0.355 e. The molecule has 4 aliphatic carbocycles. The van der Waals surface area contributed by atoms with Gasteiger partial charge in [-0.05, 0) is 81.8 Å². The second-order valence-electron chi connectivity index (χ2n) is 8.81. The number of amides is 2. The highest BCUT2D eigenvalue weighted by Gasteiger charge is 2.46. The van der Waals surface area contributed by atoms with Crippen molar-refractivity contribution in [3.63, 3.8) is 0 Å². The lowest BCUT2D eigenvalue weighted by Crippen LogP contribution is -2.47. The molecule has 0 radical (unpaired) electrons. The van der Waals surface area contributed by atoms with E-state index in [1.807, 2.05) is 31.2 Å². The highest BCUT2D eigenvalue weighted by molar-refractivity contribution is 5.94. The third-order valence-corrected chi connectivity index (χ3v) is 6.97. The minimum absolute atomic E-state index is 0.00115. The molecule has 4 fully saturated rings. The number of carbonyl (C=O) groups excluding carboxylic acids is 2. The Morgan fingerprint density at radius 3 is 2.35 bits per heavy atom. The first-order valence-corrected chi connectivity index (χ1v) is 10.2. The fraction of sp³-hybridized carbons (Fsp3) is 0.636. The molecule has 2 N–H and O–H groups in total. The average molecular weight is 354 g/mol. The van der Waals surface area contributed by atoms with Gasteiger partial charge in [-0.2, -0.15) is 0 Å². The number of benzene rings is 1. The molecule has 0 heterocycles. The van der Waals surface area contributed by atoms with Crippen LogP contribution in [0.4, 0.5) is 0 Å². The van der Waals surface area contributed by atoms with Crippen molar-refractivity contribution in [1.29, 1.82) is 0 Å². The van der Waals surface area contributed by atoms with Gasteiger partial charge in [0.1, 0.15) is 0 Å². The monoisotopic (exact) mass is 354 g/mol. The fourth-order valence-corrected chi connectivity index (χ4v) is 4.92. The van der Waals surface area contributed by atoms with Crippen LogP contribution in [0.25, 0.3) is 0 Å². The van der Waals surface area contributed by atoms with Gasteiger partial charge in [0.15, 0.2) is 0 Å². The molecule has 0 saturated heterocycles. The summed E-state index contributed by atoms with van der Waals surface area (Å²) < 4.78 is 0. The number of fused-ring (bicyclic) bond motifs is 3. The van der Waals surface area contributed by atoms with Crippen LogP contribution in [-0.4, -0.2) is 24.9 Å². The lowest BCUT2D eigenvalue weighted by atomic mass is 9.60. The number of hydrogen-bond donors (Lipinski definition) is 2. The molecular weight excluding hydrogens is 324 g/mol. The van der Waals surface area contributed by atoms with Crippen molar-refractivity contribution < 1.29 is 9.59 Å². The SMILES string of the molecule is Cc1cccc(C(=O)NC[C@@H]2C[C@H]2CNC(=O)C23CCC(CC2)CC3)c1. The third-order valence-electron chi connectivity index (χ3n) is 6.97. The molecule has 140 valence electrons. The summed E-state index contributed by atoms with van der Waals surface area (Å²) in [7, 11) is 0. The van der Waals surface area contributed by atoms with E-state index in [1.54, 1.807) is 0 Å². The second-order valence-corrected chi connectivity index (χ2v) is 8.81. The topological polar surface area (TPSA) is 58.2 Å². The van der Waals surface area contributed by atoms with Gasteiger partial charge in [-0.25, -0.2) is 0 Å². The molecule has 1 aromatic rings. The lowest BCUT2D eigenvalue weighted by Gasteiger charge is -2.45. The zero-order chi connectivity index (χ0) is 18.1. The van der Waals surface area contributed by atoms with E-state index in [0.717, 1.165) is 49.3 Å². The summed E-state index contributed by atoms with van der Waals surface area (Å²) in [5.74, 6) is 2.21. The Labute approximate surface area is 156 Å². The van der Waals surface area contributed by atoms with Gasteiger partial charge >= 0.3 is 0 Å². The molecule has 0 aliphatic heterocycles. The Bertz CT molecular complexity index is 677. The van der Waals surface area contributed by atoms with Gasteiger partial charge in [-0.15, -0.1) is 0 Å². The highest BCUT2D eigenvalue weighted by atomic mass is 16.2. The number of nitrogens with one attached hydrogen (secondary N) is 2. The smallest absolute Gasteiger partial charge is 0.251 e. The first-order chi connectivity index (χ1) is 12.6. The summed E-state index contributed by atoms with van der Waals surface area (Å²) in [5.41, 5.74) is 1.77. The van der Waals surface area contributed by atoms with Gasteiger partial charge in [0.2, 0.25) is 5.91 Å². The van der Waals surface area contributed by atoms with Crippen molar-refractivity contribution in [1.82, 2.24) is 10.6 Å². The summed E-state index contributed by atoms with van der Waals surface area (Å²) >= 11 is 0. The van der Waals surface area contributed by atoms with Gasteiger partial charge < -0.3 is 10.6 Å². The maximum Gasteiger partial charge on any atom is 0.251 e. The van der Waals surface area contributed by atoms with E-state index in [4.69, 9.17) is 0 Å². The minimum atomic E-state index is -0.0570. The molecular formula is C22H30N2O2. The van der Waals surface area contributed by atoms with Gasteiger partial charge in [0.25, 0.3) is 5.91 Å². The first kappa shape index (κ1) is 17.6. The maximum atomic E-state index is 12.7. The summed E-state index contributed by atoms with van der Waals surface area (Å²) in [5, 5.41) is 6.28. The normalized spacial score (nSPS) is 32.1. The van der Waals surface area contributed by atoms with Crippen LogP contribution >= 0.6 is 0 Å². The maximum absolute atomic E-state index is 12.7. The second kappa shape index (κ2) is 7.05. The predicted octanol–water partition coefficient (Wildman–Crippen LogP) is 3.45. The van der Waals surface area contributed by atoms with E-state index in [2.05, 4.69) is 10.6 Å². The Kier molecular flexibility index (Phi) is 4.76. The molecule has 0 unspecified atom stereocenters. The van der Waals surface area contributed by atoms with Crippen LogP contribution in [0.2, 0.25) is 0 Å². The van der Waals surface area contributed by atoms with Crippen molar-refractivity contribution in [3.8, 4) is 0 Å². The zero-order valence-electron chi connectivity index (χ0n) is 15.7.